The van der Waals surface area contributed by atoms with Gasteiger partial charge < -0.3 is 16.3 Å². The van der Waals surface area contributed by atoms with Gasteiger partial charge in [0.25, 0.3) is 5.91 Å². The Kier molecular flexibility index (Phi) is 4.23. The van der Waals surface area contributed by atoms with Crippen LogP contribution in [0, 0.1) is 13.8 Å². The minimum absolute atomic E-state index is 0.00221. The molecule has 0 radical (unpaired) electrons. The summed E-state index contributed by atoms with van der Waals surface area (Å²) in [7, 11) is 0. The highest BCUT2D eigenvalue weighted by atomic mass is 16.4. The molecular weight excluding hydrogens is 266 g/mol. The standard InChI is InChI=1S/C16H17N3O2/c1-10-6-7-14(11(2)8-10)16(20)18-13-5-3-4-12(9-13)15(17)19-21/h3-9,21H,1-2H3,(H2,17,19)(H,18,20). The van der Waals surface area contributed by atoms with Crippen molar-refractivity contribution in [2.75, 3.05) is 5.32 Å². The molecule has 0 spiro atoms. The van der Waals surface area contributed by atoms with Crippen LogP contribution in [0.25, 0.3) is 0 Å². The van der Waals surface area contributed by atoms with Gasteiger partial charge in [0.2, 0.25) is 0 Å². The summed E-state index contributed by atoms with van der Waals surface area (Å²) in [5.74, 6) is -0.193. The lowest BCUT2D eigenvalue weighted by molar-refractivity contribution is 0.102. The number of carbonyl (C=O) groups is 1. The molecule has 0 saturated heterocycles. The maximum Gasteiger partial charge on any atom is 0.255 e. The summed E-state index contributed by atoms with van der Waals surface area (Å²) in [4.78, 5) is 12.3. The van der Waals surface area contributed by atoms with Crippen molar-refractivity contribution in [1.29, 1.82) is 0 Å². The molecule has 0 saturated carbocycles. The molecule has 5 nitrogen and oxygen atoms in total. The molecule has 0 aliphatic heterocycles. The first-order valence-electron chi connectivity index (χ1n) is 6.48. The smallest absolute Gasteiger partial charge is 0.255 e. The minimum atomic E-state index is -0.191. The van der Waals surface area contributed by atoms with Gasteiger partial charge in [-0.1, -0.05) is 35.0 Å². The van der Waals surface area contributed by atoms with Crippen LogP contribution in [0.1, 0.15) is 27.0 Å². The molecule has 2 rings (SSSR count). The zero-order chi connectivity index (χ0) is 15.4. The van der Waals surface area contributed by atoms with Crippen LogP contribution >= 0.6 is 0 Å². The van der Waals surface area contributed by atoms with E-state index in [-0.39, 0.29) is 11.7 Å². The fraction of sp³-hybridized carbons (Fsp3) is 0.125. The number of carbonyl (C=O) groups excluding carboxylic acids is 1. The average molecular weight is 283 g/mol. The summed E-state index contributed by atoms with van der Waals surface area (Å²) < 4.78 is 0. The first-order valence-corrected chi connectivity index (χ1v) is 6.48. The molecule has 0 unspecified atom stereocenters. The summed E-state index contributed by atoms with van der Waals surface area (Å²) in [5.41, 5.74) is 9.30. The van der Waals surface area contributed by atoms with Crippen molar-refractivity contribution in [2.24, 2.45) is 10.9 Å². The number of amides is 1. The quantitative estimate of drug-likeness (QED) is 0.350. The molecule has 2 aromatic carbocycles. The maximum atomic E-state index is 12.3. The number of anilines is 1. The number of hydrogen-bond acceptors (Lipinski definition) is 3. The fourth-order valence-electron chi connectivity index (χ4n) is 2.08. The first kappa shape index (κ1) is 14.6. The van der Waals surface area contributed by atoms with Gasteiger partial charge in [-0.25, -0.2) is 0 Å². The molecule has 2 aromatic rings. The largest absolute Gasteiger partial charge is 0.409 e. The van der Waals surface area contributed by atoms with Gasteiger partial charge in [-0.05, 0) is 37.6 Å². The van der Waals surface area contributed by atoms with Crippen LogP contribution in [0.3, 0.4) is 0 Å². The summed E-state index contributed by atoms with van der Waals surface area (Å²) in [6.45, 7) is 3.88. The van der Waals surface area contributed by atoms with E-state index < -0.39 is 0 Å². The monoisotopic (exact) mass is 283 g/mol. The Morgan fingerprint density at radius 1 is 1.19 bits per heavy atom. The van der Waals surface area contributed by atoms with Gasteiger partial charge in [0.05, 0.1) is 0 Å². The van der Waals surface area contributed by atoms with Crippen LogP contribution in [-0.2, 0) is 0 Å². The van der Waals surface area contributed by atoms with Gasteiger partial charge in [-0.3, -0.25) is 4.79 Å². The predicted molar refractivity (Wildman–Crippen MR) is 82.8 cm³/mol. The number of amidine groups is 1. The molecule has 0 bridgehead atoms. The van der Waals surface area contributed by atoms with Crippen LogP contribution in [0.15, 0.2) is 47.6 Å². The van der Waals surface area contributed by atoms with Crippen molar-refractivity contribution in [3.05, 3.63) is 64.7 Å². The number of aryl methyl sites for hydroxylation is 2. The van der Waals surface area contributed by atoms with Crippen LogP contribution in [0.4, 0.5) is 5.69 Å². The first-order chi connectivity index (χ1) is 10.0. The Bertz CT molecular complexity index is 708. The van der Waals surface area contributed by atoms with E-state index in [0.717, 1.165) is 11.1 Å². The van der Waals surface area contributed by atoms with E-state index in [0.29, 0.717) is 16.8 Å². The second kappa shape index (κ2) is 6.09. The highest BCUT2D eigenvalue weighted by molar-refractivity contribution is 6.06. The van der Waals surface area contributed by atoms with Gasteiger partial charge in [-0.2, -0.15) is 0 Å². The van der Waals surface area contributed by atoms with Gasteiger partial charge in [0, 0.05) is 16.8 Å². The lowest BCUT2D eigenvalue weighted by atomic mass is 10.0. The molecule has 4 N–H and O–H groups in total. The van der Waals surface area contributed by atoms with E-state index in [4.69, 9.17) is 10.9 Å². The number of rotatable bonds is 3. The molecule has 1 amide bonds. The van der Waals surface area contributed by atoms with E-state index in [9.17, 15) is 4.79 Å². The van der Waals surface area contributed by atoms with Crippen molar-refractivity contribution in [3.8, 4) is 0 Å². The fourth-order valence-corrected chi connectivity index (χ4v) is 2.08. The third kappa shape index (κ3) is 3.39. The van der Waals surface area contributed by atoms with Gasteiger partial charge >= 0.3 is 0 Å². The van der Waals surface area contributed by atoms with E-state index in [1.165, 1.54) is 0 Å². The SMILES string of the molecule is Cc1ccc(C(=O)Nc2cccc(/C(N)=N/O)c2)c(C)c1. The highest BCUT2D eigenvalue weighted by Crippen LogP contribution is 2.15. The summed E-state index contributed by atoms with van der Waals surface area (Å²) >= 11 is 0. The number of benzene rings is 2. The molecule has 0 heterocycles. The normalized spacial score (nSPS) is 11.2. The highest BCUT2D eigenvalue weighted by Gasteiger charge is 2.10. The van der Waals surface area contributed by atoms with Crippen LogP contribution in [0.2, 0.25) is 0 Å². The van der Waals surface area contributed by atoms with E-state index in [1.807, 2.05) is 26.0 Å². The number of nitrogens with zero attached hydrogens (tertiary/aromatic N) is 1. The zero-order valence-electron chi connectivity index (χ0n) is 11.9. The molecule has 0 fully saturated rings. The number of nitrogens with one attached hydrogen (secondary N) is 1. The second-order valence-electron chi connectivity index (χ2n) is 4.84. The van der Waals surface area contributed by atoms with Crippen LogP contribution in [0.5, 0.6) is 0 Å². The van der Waals surface area contributed by atoms with Crippen molar-refractivity contribution >= 4 is 17.4 Å². The van der Waals surface area contributed by atoms with Crippen LogP contribution < -0.4 is 11.1 Å². The maximum absolute atomic E-state index is 12.3. The summed E-state index contributed by atoms with van der Waals surface area (Å²) in [6, 6.07) is 12.5. The van der Waals surface area contributed by atoms with E-state index >= 15 is 0 Å². The molecule has 0 aromatic heterocycles. The number of nitrogens with two attached hydrogens (primary N) is 1. The lowest BCUT2D eigenvalue weighted by Crippen LogP contribution is -2.16. The third-order valence-electron chi connectivity index (χ3n) is 3.15. The van der Waals surface area contributed by atoms with Crippen molar-refractivity contribution in [1.82, 2.24) is 0 Å². The Morgan fingerprint density at radius 2 is 1.95 bits per heavy atom. The molecule has 0 aliphatic rings. The Labute approximate surface area is 123 Å². The molecule has 0 atom stereocenters. The molecule has 5 heteroatoms. The molecule has 21 heavy (non-hydrogen) atoms. The third-order valence-corrected chi connectivity index (χ3v) is 3.15. The topological polar surface area (TPSA) is 87.7 Å². The number of oxime groups is 1. The molecule has 108 valence electrons. The number of hydrogen-bond donors (Lipinski definition) is 3. The molecule has 0 aliphatic carbocycles. The van der Waals surface area contributed by atoms with Gasteiger partial charge in [0.1, 0.15) is 0 Å². The Hall–Kier alpha value is -2.82. The van der Waals surface area contributed by atoms with E-state index in [1.54, 1.807) is 30.3 Å². The van der Waals surface area contributed by atoms with E-state index in [2.05, 4.69) is 10.5 Å². The summed E-state index contributed by atoms with van der Waals surface area (Å²) in [6.07, 6.45) is 0. The average Bonchev–Trinajstić information content (AvgIpc) is 2.46. The van der Waals surface area contributed by atoms with Gasteiger partial charge in [0.15, 0.2) is 5.84 Å². The zero-order valence-corrected chi connectivity index (χ0v) is 11.9. The predicted octanol–water partition coefficient (Wildman–Crippen LogP) is 2.65. The summed E-state index contributed by atoms with van der Waals surface area (Å²) in [5, 5.41) is 14.4. The minimum Gasteiger partial charge on any atom is -0.409 e. The lowest BCUT2D eigenvalue weighted by Gasteiger charge is -2.09. The van der Waals surface area contributed by atoms with Gasteiger partial charge in [-0.15, -0.1) is 0 Å². The molecular formula is C16H17N3O2. The Balaban J connectivity index is 2.23. The van der Waals surface area contributed by atoms with Crippen LogP contribution in [-0.4, -0.2) is 17.0 Å². The van der Waals surface area contributed by atoms with Crippen molar-refractivity contribution in [3.63, 3.8) is 0 Å². The second-order valence-corrected chi connectivity index (χ2v) is 4.84. The Morgan fingerprint density at radius 3 is 2.62 bits per heavy atom. The van der Waals surface area contributed by atoms with Crippen molar-refractivity contribution < 1.29 is 10.0 Å². The van der Waals surface area contributed by atoms with Crippen molar-refractivity contribution in [2.45, 2.75) is 13.8 Å².